The third-order valence-electron chi connectivity index (χ3n) is 4.21. The van der Waals surface area contributed by atoms with Crippen LogP contribution in [0.4, 0.5) is 14.5 Å². The quantitative estimate of drug-likeness (QED) is 0.485. The number of hydrogen-bond acceptors (Lipinski definition) is 5. The van der Waals surface area contributed by atoms with Gasteiger partial charge in [0, 0.05) is 11.6 Å². The zero-order chi connectivity index (χ0) is 21.2. The molecule has 0 atom stereocenters. The summed E-state index contributed by atoms with van der Waals surface area (Å²) in [5.41, 5.74) is 1.93. The summed E-state index contributed by atoms with van der Waals surface area (Å²) in [6, 6.07) is 10.8. The lowest BCUT2D eigenvalue weighted by Gasteiger charge is -2.19. The lowest BCUT2D eigenvalue weighted by Crippen LogP contribution is -2.17. The van der Waals surface area contributed by atoms with Crippen molar-refractivity contribution >= 4 is 23.4 Å². The van der Waals surface area contributed by atoms with Crippen molar-refractivity contribution in [3.63, 3.8) is 0 Å². The lowest BCUT2D eigenvalue weighted by atomic mass is 9.87. The molecule has 0 bridgehead atoms. The fraction of sp³-hybridized carbons (Fsp3) is 0.250. The van der Waals surface area contributed by atoms with E-state index < -0.39 is 17.5 Å². The Morgan fingerprint density at radius 2 is 1.83 bits per heavy atom. The molecule has 0 aliphatic carbocycles. The van der Waals surface area contributed by atoms with Crippen LogP contribution >= 0.6 is 11.8 Å². The highest BCUT2D eigenvalue weighted by molar-refractivity contribution is 7.99. The Balaban J connectivity index is 1.66. The van der Waals surface area contributed by atoms with Gasteiger partial charge >= 0.3 is 0 Å². The van der Waals surface area contributed by atoms with Gasteiger partial charge in [-0.15, -0.1) is 10.2 Å². The molecule has 0 aliphatic heterocycles. The van der Waals surface area contributed by atoms with Gasteiger partial charge in [0.05, 0.1) is 11.4 Å². The lowest BCUT2D eigenvalue weighted by molar-refractivity contribution is -0.113. The molecule has 29 heavy (non-hydrogen) atoms. The van der Waals surface area contributed by atoms with Gasteiger partial charge in [-0.25, -0.2) is 13.5 Å². The molecule has 3 N–H and O–H groups in total. The molecule has 3 rings (SSSR count). The fourth-order valence-electron chi connectivity index (χ4n) is 2.60. The van der Waals surface area contributed by atoms with Crippen molar-refractivity contribution in [2.45, 2.75) is 31.3 Å². The minimum absolute atomic E-state index is 0.0350. The van der Waals surface area contributed by atoms with E-state index in [1.807, 2.05) is 24.3 Å². The van der Waals surface area contributed by atoms with Crippen LogP contribution < -0.4 is 11.2 Å². The van der Waals surface area contributed by atoms with Crippen LogP contribution in [0.1, 0.15) is 26.3 Å². The van der Waals surface area contributed by atoms with Crippen molar-refractivity contribution in [1.29, 1.82) is 0 Å². The summed E-state index contributed by atoms with van der Waals surface area (Å²) in [4.78, 5) is 12.1. The summed E-state index contributed by atoms with van der Waals surface area (Å²) in [5, 5.41) is 10.8. The van der Waals surface area contributed by atoms with Crippen LogP contribution in [0.25, 0.3) is 11.4 Å². The van der Waals surface area contributed by atoms with Crippen LogP contribution in [0.15, 0.2) is 47.6 Å². The van der Waals surface area contributed by atoms with Crippen LogP contribution in [0.3, 0.4) is 0 Å². The Morgan fingerprint density at radius 1 is 1.14 bits per heavy atom. The predicted molar refractivity (Wildman–Crippen MR) is 110 cm³/mol. The van der Waals surface area contributed by atoms with Crippen LogP contribution in [0.2, 0.25) is 0 Å². The first kappa shape index (κ1) is 20.8. The Bertz CT molecular complexity index is 1030. The van der Waals surface area contributed by atoms with E-state index in [4.69, 9.17) is 5.84 Å². The second-order valence-electron chi connectivity index (χ2n) is 7.46. The van der Waals surface area contributed by atoms with Gasteiger partial charge in [0.1, 0.15) is 11.6 Å². The van der Waals surface area contributed by atoms with Crippen molar-refractivity contribution < 1.29 is 13.6 Å². The molecular weight excluding hydrogens is 396 g/mol. The van der Waals surface area contributed by atoms with Crippen molar-refractivity contribution in [1.82, 2.24) is 14.9 Å². The molecule has 0 fully saturated rings. The minimum atomic E-state index is -0.841. The summed E-state index contributed by atoms with van der Waals surface area (Å²) in [5.74, 6) is 4.46. The number of nitrogens with one attached hydrogen (secondary N) is 1. The smallest absolute Gasteiger partial charge is 0.234 e. The van der Waals surface area contributed by atoms with Crippen molar-refractivity contribution in [2.75, 3.05) is 16.9 Å². The van der Waals surface area contributed by atoms with Crippen LogP contribution in [0.5, 0.6) is 0 Å². The molecule has 1 aromatic heterocycles. The first-order valence-electron chi connectivity index (χ1n) is 8.84. The highest BCUT2D eigenvalue weighted by Crippen LogP contribution is 2.26. The summed E-state index contributed by atoms with van der Waals surface area (Å²) in [6.45, 7) is 6.39. The van der Waals surface area contributed by atoms with Crippen molar-refractivity contribution in [3.8, 4) is 11.4 Å². The van der Waals surface area contributed by atoms with E-state index in [1.54, 1.807) is 0 Å². The molecule has 152 valence electrons. The molecule has 0 saturated heterocycles. The number of carbonyl (C=O) groups is 1. The first-order valence-corrected chi connectivity index (χ1v) is 9.83. The Hall–Kier alpha value is -2.94. The number of benzene rings is 2. The molecule has 9 heteroatoms. The standard InChI is InChI=1S/C20H21F2N5OS/c1-20(2,3)13-6-4-12(5-7-13)18-25-26-19(27(18)23)29-11-17(28)24-16-9-8-14(21)10-15(16)22/h4-10H,11,23H2,1-3H3,(H,24,28). The van der Waals surface area contributed by atoms with E-state index in [0.717, 1.165) is 29.5 Å². The maximum absolute atomic E-state index is 13.6. The van der Waals surface area contributed by atoms with E-state index in [-0.39, 0.29) is 16.9 Å². The van der Waals surface area contributed by atoms with Gasteiger partial charge in [0.2, 0.25) is 11.1 Å². The number of halogens is 2. The number of aromatic nitrogens is 3. The van der Waals surface area contributed by atoms with Gasteiger partial charge in [0.25, 0.3) is 0 Å². The fourth-order valence-corrected chi connectivity index (χ4v) is 3.26. The molecule has 0 unspecified atom stereocenters. The van der Waals surface area contributed by atoms with E-state index >= 15 is 0 Å². The number of anilines is 1. The van der Waals surface area contributed by atoms with Crippen molar-refractivity contribution in [3.05, 3.63) is 59.7 Å². The highest BCUT2D eigenvalue weighted by Gasteiger charge is 2.17. The molecule has 2 aromatic carbocycles. The zero-order valence-corrected chi connectivity index (χ0v) is 17.1. The maximum atomic E-state index is 13.6. The third-order valence-corrected chi connectivity index (χ3v) is 5.15. The van der Waals surface area contributed by atoms with E-state index in [9.17, 15) is 13.6 Å². The SMILES string of the molecule is CC(C)(C)c1ccc(-c2nnc(SCC(=O)Nc3ccc(F)cc3F)n2N)cc1. The van der Waals surface area contributed by atoms with Gasteiger partial charge in [0.15, 0.2) is 5.82 Å². The highest BCUT2D eigenvalue weighted by atomic mass is 32.2. The van der Waals surface area contributed by atoms with E-state index in [1.165, 1.54) is 10.2 Å². The summed E-state index contributed by atoms with van der Waals surface area (Å²) < 4.78 is 27.9. The third kappa shape index (κ3) is 4.92. The van der Waals surface area contributed by atoms with Crippen LogP contribution in [-0.2, 0) is 10.2 Å². The predicted octanol–water partition coefficient (Wildman–Crippen LogP) is 3.97. The molecule has 3 aromatic rings. The van der Waals surface area contributed by atoms with Gasteiger partial charge in [-0.05, 0) is 23.1 Å². The largest absolute Gasteiger partial charge is 0.335 e. The normalized spacial score (nSPS) is 11.5. The second-order valence-corrected chi connectivity index (χ2v) is 8.41. The zero-order valence-electron chi connectivity index (χ0n) is 16.2. The molecule has 0 aliphatic rings. The average Bonchev–Trinajstić information content (AvgIpc) is 3.02. The number of nitrogens with two attached hydrogens (primary N) is 1. The Kier molecular flexibility index (Phi) is 5.88. The number of nitrogen functional groups attached to an aromatic ring is 1. The average molecular weight is 417 g/mol. The number of carbonyl (C=O) groups excluding carboxylic acids is 1. The Morgan fingerprint density at radius 3 is 2.45 bits per heavy atom. The monoisotopic (exact) mass is 417 g/mol. The molecule has 1 amide bonds. The van der Waals surface area contributed by atoms with Gasteiger partial charge in [-0.2, -0.15) is 0 Å². The first-order chi connectivity index (χ1) is 13.6. The second kappa shape index (κ2) is 8.20. The topological polar surface area (TPSA) is 85.8 Å². The van der Waals surface area contributed by atoms with E-state index in [0.29, 0.717) is 17.0 Å². The summed E-state index contributed by atoms with van der Waals surface area (Å²) in [6.07, 6.45) is 0. The molecule has 0 saturated carbocycles. The van der Waals surface area contributed by atoms with Crippen molar-refractivity contribution in [2.24, 2.45) is 0 Å². The molecule has 0 spiro atoms. The van der Waals surface area contributed by atoms with Crippen LogP contribution in [0, 0.1) is 11.6 Å². The maximum Gasteiger partial charge on any atom is 0.234 e. The number of hydrogen-bond donors (Lipinski definition) is 2. The van der Waals surface area contributed by atoms with E-state index in [2.05, 4.69) is 36.3 Å². The molecular formula is C20H21F2N5OS. The Labute approximate surface area is 171 Å². The van der Waals surface area contributed by atoms with Gasteiger partial charge < -0.3 is 11.2 Å². The molecule has 1 heterocycles. The summed E-state index contributed by atoms with van der Waals surface area (Å²) >= 11 is 1.06. The molecule has 0 radical (unpaired) electrons. The summed E-state index contributed by atoms with van der Waals surface area (Å²) in [7, 11) is 0. The van der Waals surface area contributed by atoms with Gasteiger partial charge in [-0.1, -0.05) is 56.8 Å². The van der Waals surface area contributed by atoms with Gasteiger partial charge in [-0.3, -0.25) is 4.79 Å². The number of thioether (sulfide) groups is 1. The van der Waals surface area contributed by atoms with Crippen LogP contribution in [-0.4, -0.2) is 26.5 Å². The number of rotatable bonds is 5. The number of amides is 1. The minimum Gasteiger partial charge on any atom is -0.335 e. The number of nitrogens with zero attached hydrogens (tertiary/aromatic N) is 3. The molecule has 6 nitrogen and oxygen atoms in total.